The zero-order chi connectivity index (χ0) is 18.9. The molecule has 0 aromatic heterocycles. The van der Waals surface area contributed by atoms with Crippen molar-refractivity contribution in [3.63, 3.8) is 0 Å². The lowest BCUT2D eigenvalue weighted by atomic mass is 10.1. The molecule has 140 valence electrons. The van der Waals surface area contributed by atoms with Crippen LogP contribution in [0.25, 0.3) is 0 Å². The molecule has 1 rings (SSSR count). The van der Waals surface area contributed by atoms with Gasteiger partial charge in [0.25, 0.3) is 5.91 Å². The number of piperidine rings is 1. The van der Waals surface area contributed by atoms with Crippen LogP contribution in [0.4, 0.5) is 4.79 Å². The second-order valence-corrected chi connectivity index (χ2v) is 7.19. The number of amides is 2. The number of nitrogens with one attached hydrogen (secondary N) is 2. The summed E-state index contributed by atoms with van der Waals surface area (Å²) in [5.74, 6) is -0.352. The van der Waals surface area contributed by atoms with Gasteiger partial charge in [-0.1, -0.05) is 13.3 Å². The zero-order valence-electron chi connectivity index (χ0n) is 15.7. The van der Waals surface area contributed by atoms with E-state index in [9.17, 15) is 9.59 Å². The molecule has 1 aliphatic heterocycles. The third-order valence-electron chi connectivity index (χ3n) is 3.79. The molecular weight excluding hydrogens is 320 g/mol. The number of hydrogen-bond acceptors (Lipinski definition) is 5. The molecule has 0 saturated carbocycles. The Morgan fingerprint density at radius 2 is 1.96 bits per heavy atom. The molecule has 7 nitrogen and oxygen atoms in total. The number of likely N-dealkylation sites (tertiary alicyclic amines) is 1. The van der Waals surface area contributed by atoms with Crippen LogP contribution in [-0.4, -0.2) is 48.2 Å². The summed E-state index contributed by atoms with van der Waals surface area (Å²) in [5, 5.41) is 15.0. The molecule has 0 unspecified atom stereocenters. The first-order chi connectivity index (χ1) is 11.8. The van der Waals surface area contributed by atoms with E-state index in [2.05, 4.69) is 10.6 Å². The van der Waals surface area contributed by atoms with Gasteiger partial charge in [-0.25, -0.2) is 4.79 Å². The number of rotatable bonds is 6. The van der Waals surface area contributed by atoms with E-state index in [1.54, 1.807) is 4.90 Å². The van der Waals surface area contributed by atoms with Crippen LogP contribution in [-0.2, 0) is 9.53 Å². The van der Waals surface area contributed by atoms with E-state index in [-0.39, 0.29) is 23.6 Å². The van der Waals surface area contributed by atoms with Crippen molar-refractivity contribution in [2.75, 3.05) is 19.6 Å². The normalized spacial score (nSPS) is 16.1. The molecule has 0 radical (unpaired) electrons. The molecule has 0 aromatic rings. The minimum atomic E-state index is -0.498. The van der Waals surface area contributed by atoms with E-state index in [0.29, 0.717) is 19.6 Å². The second-order valence-electron chi connectivity index (χ2n) is 7.19. The van der Waals surface area contributed by atoms with E-state index in [0.717, 1.165) is 25.7 Å². The molecule has 2 amide bonds. The Morgan fingerprint density at radius 1 is 1.32 bits per heavy atom. The van der Waals surface area contributed by atoms with Gasteiger partial charge in [0, 0.05) is 31.9 Å². The largest absolute Gasteiger partial charge is 0.444 e. The van der Waals surface area contributed by atoms with Gasteiger partial charge in [0.2, 0.25) is 0 Å². The Kier molecular flexibility index (Phi) is 8.26. The smallest absolute Gasteiger partial charge is 0.410 e. The van der Waals surface area contributed by atoms with Gasteiger partial charge in [0.15, 0.2) is 0 Å². The highest BCUT2D eigenvalue weighted by Gasteiger charge is 2.26. The van der Waals surface area contributed by atoms with Gasteiger partial charge in [-0.2, -0.15) is 5.26 Å². The Balaban J connectivity index is 2.43. The van der Waals surface area contributed by atoms with Gasteiger partial charge in [0.05, 0.1) is 0 Å². The molecule has 0 bridgehead atoms. The molecule has 1 heterocycles. The summed E-state index contributed by atoms with van der Waals surface area (Å²) >= 11 is 0. The maximum atomic E-state index is 12.0. The lowest BCUT2D eigenvalue weighted by molar-refractivity contribution is -0.117. The summed E-state index contributed by atoms with van der Waals surface area (Å²) in [5.41, 5.74) is -0.424. The first-order valence-corrected chi connectivity index (χ1v) is 8.89. The minimum Gasteiger partial charge on any atom is -0.444 e. The predicted molar refractivity (Wildman–Crippen MR) is 95.6 cm³/mol. The number of hydrogen-bond donors (Lipinski definition) is 2. The van der Waals surface area contributed by atoms with E-state index in [1.165, 1.54) is 6.20 Å². The number of carbonyl (C=O) groups is 2. The zero-order valence-corrected chi connectivity index (χ0v) is 15.7. The van der Waals surface area contributed by atoms with Crippen LogP contribution in [0.1, 0.15) is 53.4 Å². The summed E-state index contributed by atoms with van der Waals surface area (Å²) in [4.78, 5) is 25.6. The SMILES string of the molecule is CCCCNC(=O)/C(C#N)=C\NC1CCN(C(=O)OC(C)(C)C)CC1. The number of unbranched alkanes of at least 4 members (excludes halogenated alkanes) is 1. The molecule has 0 aliphatic carbocycles. The van der Waals surface area contributed by atoms with Crippen molar-refractivity contribution in [3.8, 4) is 6.07 Å². The van der Waals surface area contributed by atoms with Crippen molar-refractivity contribution in [2.24, 2.45) is 0 Å². The second kappa shape index (κ2) is 9.92. The summed E-state index contributed by atoms with van der Waals surface area (Å²) in [6.07, 6.45) is 4.54. The fourth-order valence-electron chi connectivity index (χ4n) is 2.38. The molecular formula is C18H30N4O3. The average Bonchev–Trinajstić information content (AvgIpc) is 2.54. The fourth-order valence-corrected chi connectivity index (χ4v) is 2.38. The van der Waals surface area contributed by atoms with E-state index >= 15 is 0 Å². The maximum Gasteiger partial charge on any atom is 0.410 e. The topological polar surface area (TPSA) is 94.5 Å². The van der Waals surface area contributed by atoms with Crippen molar-refractivity contribution >= 4 is 12.0 Å². The molecule has 1 aliphatic rings. The number of ether oxygens (including phenoxy) is 1. The van der Waals surface area contributed by atoms with Crippen molar-refractivity contribution in [1.82, 2.24) is 15.5 Å². The van der Waals surface area contributed by atoms with Gasteiger partial charge < -0.3 is 20.3 Å². The van der Waals surface area contributed by atoms with Gasteiger partial charge in [-0.05, 0) is 40.0 Å². The molecule has 2 N–H and O–H groups in total. The Morgan fingerprint density at radius 3 is 2.48 bits per heavy atom. The van der Waals surface area contributed by atoms with Crippen LogP contribution in [0.5, 0.6) is 0 Å². The minimum absolute atomic E-state index is 0.0747. The van der Waals surface area contributed by atoms with Crippen LogP contribution in [0, 0.1) is 11.3 Å². The Bertz CT molecular complexity index is 523. The summed E-state index contributed by atoms with van der Waals surface area (Å²) in [7, 11) is 0. The monoisotopic (exact) mass is 350 g/mol. The van der Waals surface area contributed by atoms with Crippen LogP contribution < -0.4 is 10.6 Å². The Hall–Kier alpha value is -2.23. The Labute approximate surface area is 150 Å². The van der Waals surface area contributed by atoms with Crippen molar-refractivity contribution < 1.29 is 14.3 Å². The number of nitriles is 1. The maximum absolute atomic E-state index is 12.0. The molecule has 0 atom stereocenters. The van der Waals surface area contributed by atoms with Crippen molar-refractivity contribution in [3.05, 3.63) is 11.8 Å². The fraction of sp³-hybridized carbons (Fsp3) is 0.722. The predicted octanol–water partition coefficient (Wildman–Crippen LogP) is 2.30. The summed E-state index contributed by atoms with van der Waals surface area (Å²) in [6, 6.07) is 2.05. The third kappa shape index (κ3) is 7.92. The highest BCUT2D eigenvalue weighted by molar-refractivity contribution is 5.97. The lowest BCUT2D eigenvalue weighted by Crippen LogP contribution is -2.45. The van der Waals surface area contributed by atoms with Gasteiger partial charge >= 0.3 is 6.09 Å². The van der Waals surface area contributed by atoms with Crippen LogP contribution >= 0.6 is 0 Å². The van der Waals surface area contributed by atoms with E-state index in [1.807, 2.05) is 33.8 Å². The number of nitrogens with zero attached hydrogens (tertiary/aromatic N) is 2. The molecule has 1 saturated heterocycles. The van der Waals surface area contributed by atoms with Crippen molar-refractivity contribution in [2.45, 2.75) is 65.0 Å². The number of carbonyl (C=O) groups excluding carboxylic acids is 2. The quantitative estimate of drug-likeness (QED) is 0.435. The van der Waals surface area contributed by atoms with E-state index < -0.39 is 5.60 Å². The molecule has 0 spiro atoms. The van der Waals surface area contributed by atoms with Crippen LogP contribution in [0.3, 0.4) is 0 Å². The average molecular weight is 350 g/mol. The van der Waals surface area contributed by atoms with Gasteiger partial charge in [0.1, 0.15) is 17.2 Å². The molecule has 0 aromatic carbocycles. The summed E-state index contributed by atoms with van der Waals surface area (Å²) in [6.45, 7) is 9.33. The molecule has 1 fully saturated rings. The van der Waals surface area contributed by atoms with Gasteiger partial charge in [-0.15, -0.1) is 0 Å². The third-order valence-corrected chi connectivity index (χ3v) is 3.79. The standard InChI is InChI=1S/C18H30N4O3/c1-5-6-9-20-16(23)14(12-19)13-21-15-7-10-22(11-8-15)17(24)25-18(2,3)4/h13,15,21H,5-11H2,1-4H3,(H,20,23)/b14-13-. The highest BCUT2D eigenvalue weighted by atomic mass is 16.6. The molecule has 25 heavy (non-hydrogen) atoms. The van der Waals surface area contributed by atoms with Crippen LogP contribution in [0.15, 0.2) is 11.8 Å². The van der Waals surface area contributed by atoms with Crippen molar-refractivity contribution in [1.29, 1.82) is 5.26 Å². The molecule has 7 heteroatoms. The highest BCUT2D eigenvalue weighted by Crippen LogP contribution is 2.15. The van der Waals surface area contributed by atoms with Crippen LogP contribution in [0.2, 0.25) is 0 Å². The first-order valence-electron chi connectivity index (χ1n) is 8.89. The first kappa shape index (κ1) is 20.8. The lowest BCUT2D eigenvalue weighted by Gasteiger charge is -2.33. The van der Waals surface area contributed by atoms with E-state index in [4.69, 9.17) is 10.00 Å². The van der Waals surface area contributed by atoms with Gasteiger partial charge in [-0.3, -0.25) is 4.79 Å². The summed E-state index contributed by atoms with van der Waals surface area (Å²) < 4.78 is 5.36.